The summed E-state index contributed by atoms with van der Waals surface area (Å²) in [6.45, 7) is 1.64. The first kappa shape index (κ1) is 19.3. The number of hydrogen-bond donors (Lipinski definition) is 1. The average Bonchev–Trinajstić information content (AvgIpc) is 3.00. The van der Waals surface area contributed by atoms with E-state index in [0.29, 0.717) is 11.4 Å². The molecule has 9 heteroatoms. The van der Waals surface area contributed by atoms with Gasteiger partial charge in [-0.1, -0.05) is 35.3 Å². The molecule has 140 valence electrons. The fourth-order valence-electron chi connectivity index (χ4n) is 2.45. The van der Waals surface area contributed by atoms with Crippen LogP contribution in [0.25, 0.3) is 5.69 Å². The van der Waals surface area contributed by atoms with Gasteiger partial charge in [-0.15, -0.1) is 0 Å². The Kier molecular flexibility index (Phi) is 5.17. The maximum atomic E-state index is 12.9. The Balaban J connectivity index is 1.91. The van der Waals surface area contributed by atoms with Crippen LogP contribution in [-0.4, -0.2) is 15.7 Å². The van der Waals surface area contributed by atoms with Crippen LogP contribution in [0.2, 0.25) is 10.0 Å². The van der Waals surface area contributed by atoms with Crippen LogP contribution in [0.4, 0.5) is 18.9 Å². The highest BCUT2D eigenvalue weighted by atomic mass is 35.5. The number of anilines is 1. The number of halogens is 5. The van der Waals surface area contributed by atoms with Crippen LogP contribution in [0, 0.1) is 6.92 Å². The van der Waals surface area contributed by atoms with Gasteiger partial charge in [0, 0.05) is 5.69 Å². The fourth-order valence-corrected chi connectivity index (χ4v) is 2.80. The van der Waals surface area contributed by atoms with E-state index in [4.69, 9.17) is 23.2 Å². The first-order valence-corrected chi connectivity index (χ1v) is 8.42. The second kappa shape index (κ2) is 7.25. The smallest absolute Gasteiger partial charge is 0.319 e. The lowest BCUT2D eigenvalue weighted by molar-refractivity contribution is -0.137. The molecule has 1 amide bonds. The van der Waals surface area contributed by atoms with Crippen LogP contribution in [-0.2, 0) is 6.18 Å². The van der Waals surface area contributed by atoms with Crippen molar-refractivity contribution in [1.82, 2.24) is 9.78 Å². The number of aryl methyl sites for hydroxylation is 1. The normalized spacial score (nSPS) is 11.5. The summed E-state index contributed by atoms with van der Waals surface area (Å²) in [6.07, 6.45) is -4.47. The Morgan fingerprint density at radius 2 is 1.81 bits per heavy atom. The van der Waals surface area contributed by atoms with Crippen molar-refractivity contribution >= 4 is 34.8 Å². The second-order valence-electron chi connectivity index (χ2n) is 5.69. The summed E-state index contributed by atoms with van der Waals surface area (Å²) in [5, 5.41) is 7.16. The molecule has 1 heterocycles. The van der Waals surface area contributed by atoms with Gasteiger partial charge < -0.3 is 5.32 Å². The van der Waals surface area contributed by atoms with Crippen LogP contribution in [0.3, 0.4) is 0 Å². The molecule has 0 fully saturated rings. The molecular formula is C18H12Cl2F3N3O. The van der Waals surface area contributed by atoms with E-state index in [-0.39, 0.29) is 21.4 Å². The van der Waals surface area contributed by atoms with E-state index < -0.39 is 17.6 Å². The van der Waals surface area contributed by atoms with E-state index in [0.717, 1.165) is 12.1 Å². The highest BCUT2D eigenvalue weighted by Crippen LogP contribution is 2.31. The first-order valence-electron chi connectivity index (χ1n) is 7.66. The highest BCUT2D eigenvalue weighted by Gasteiger charge is 2.30. The molecular weight excluding hydrogens is 402 g/mol. The standard InChI is InChI=1S/C18H12Cl2F3N3O/c1-10-8-15(17(27)24-14-7-3-6-13(19)16(14)20)25-26(10)12-5-2-4-11(9-12)18(21,22)23/h2-9H,1H3,(H,24,27). The number of nitrogens with one attached hydrogen (secondary N) is 1. The molecule has 3 rings (SSSR count). The quantitative estimate of drug-likeness (QED) is 0.593. The maximum Gasteiger partial charge on any atom is 0.416 e. The van der Waals surface area contributed by atoms with Gasteiger partial charge in [0.15, 0.2) is 5.69 Å². The molecule has 0 atom stereocenters. The number of alkyl halides is 3. The number of rotatable bonds is 3. The molecule has 0 aliphatic heterocycles. The lowest BCUT2D eigenvalue weighted by Gasteiger charge is -2.10. The van der Waals surface area contributed by atoms with Gasteiger partial charge in [-0.25, -0.2) is 4.68 Å². The van der Waals surface area contributed by atoms with Crippen molar-refractivity contribution in [2.24, 2.45) is 0 Å². The predicted octanol–water partition coefficient (Wildman–Crippen LogP) is 5.76. The molecule has 4 nitrogen and oxygen atoms in total. The van der Waals surface area contributed by atoms with E-state index in [1.54, 1.807) is 25.1 Å². The minimum atomic E-state index is -4.47. The van der Waals surface area contributed by atoms with Crippen LogP contribution < -0.4 is 5.32 Å². The number of benzene rings is 2. The number of carbonyl (C=O) groups excluding carboxylic acids is 1. The highest BCUT2D eigenvalue weighted by molar-refractivity contribution is 6.44. The van der Waals surface area contributed by atoms with Gasteiger partial charge in [-0.3, -0.25) is 4.79 Å². The van der Waals surface area contributed by atoms with Crippen molar-refractivity contribution in [1.29, 1.82) is 0 Å². The first-order chi connectivity index (χ1) is 12.7. The third-order valence-corrected chi connectivity index (χ3v) is 4.56. The van der Waals surface area contributed by atoms with Crippen molar-refractivity contribution in [3.05, 3.63) is 75.5 Å². The Bertz CT molecular complexity index is 1020. The third-order valence-electron chi connectivity index (χ3n) is 3.74. The lowest BCUT2D eigenvalue weighted by Crippen LogP contribution is -2.13. The van der Waals surface area contributed by atoms with E-state index in [1.165, 1.54) is 22.9 Å². The summed E-state index contributed by atoms with van der Waals surface area (Å²) in [4.78, 5) is 12.4. The fraction of sp³-hybridized carbons (Fsp3) is 0.111. The van der Waals surface area contributed by atoms with Gasteiger partial charge >= 0.3 is 6.18 Å². The van der Waals surface area contributed by atoms with Crippen molar-refractivity contribution in [2.45, 2.75) is 13.1 Å². The summed E-state index contributed by atoms with van der Waals surface area (Å²) in [5.41, 5.74) is 0.229. The number of carbonyl (C=O) groups is 1. The number of amides is 1. The summed E-state index contributed by atoms with van der Waals surface area (Å²) >= 11 is 11.9. The summed E-state index contributed by atoms with van der Waals surface area (Å²) < 4.78 is 40.0. The van der Waals surface area contributed by atoms with Crippen LogP contribution in [0.15, 0.2) is 48.5 Å². The van der Waals surface area contributed by atoms with Crippen LogP contribution in [0.1, 0.15) is 21.7 Å². The second-order valence-corrected chi connectivity index (χ2v) is 6.47. The zero-order valence-corrected chi connectivity index (χ0v) is 15.3. The monoisotopic (exact) mass is 413 g/mol. The predicted molar refractivity (Wildman–Crippen MR) is 97.7 cm³/mol. The van der Waals surface area contributed by atoms with Gasteiger partial charge in [-0.05, 0) is 43.3 Å². The molecule has 0 unspecified atom stereocenters. The largest absolute Gasteiger partial charge is 0.416 e. The Morgan fingerprint density at radius 1 is 1.11 bits per heavy atom. The number of hydrogen-bond acceptors (Lipinski definition) is 2. The molecule has 0 aliphatic rings. The van der Waals surface area contributed by atoms with Crippen molar-refractivity contribution in [2.75, 3.05) is 5.32 Å². The molecule has 1 aromatic heterocycles. The van der Waals surface area contributed by atoms with Crippen molar-refractivity contribution in [3.8, 4) is 5.69 Å². The zero-order chi connectivity index (χ0) is 19.8. The van der Waals surface area contributed by atoms with Crippen molar-refractivity contribution < 1.29 is 18.0 Å². The van der Waals surface area contributed by atoms with Gasteiger partial charge in [0.2, 0.25) is 0 Å². The molecule has 1 N–H and O–H groups in total. The maximum absolute atomic E-state index is 12.9. The SMILES string of the molecule is Cc1cc(C(=O)Nc2cccc(Cl)c2Cl)nn1-c1cccc(C(F)(F)F)c1. The number of aromatic nitrogens is 2. The number of nitrogens with zero attached hydrogens (tertiary/aromatic N) is 2. The minimum absolute atomic E-state index is 0.0287. The molecule has 0 saturated heterocycles. The van der Waals surface area contributed by atoms with Gasteiger partial charge in [0.05, 0.1) is 27.0 Å². The van der Waals surface area contributed by atoms with Gasteiger partial charge in [-0.2, -0.15) is 18.3 Å². The molecule has 27 heavy (non-hydrogen) atoms. The van der Waals surface area contributed by atoms with Crippen molar-refractivity contribution in [3.63, 3.8) is 0 Å². The zero-order valence-electron chi connectivity index (χ0n) is 13.8. The molecule has 0 saturated carbocycles. The molecule has 3 aromatic rings. The Hall–Kier alpha value is -2.51. The molecule has 0 aliphatic carbocycles. The van der Waals surface area contributed by atoms with E-state index in [9.17, 15) is 18.0 Å². The molecule has 2 aromatic carbocycles. The van der Waals surface area contributed by atoms with E-state index >= 15 is 0 Å². The lowest BCUT2D eigenvalue weighted by atomic mass is 10.2. The van der Waals surface area contributed by atoms with Gasteiger partial charge in [0.25, 0.3) is 5.91 Å². The van der Waals surface area contributed by atoms with E-state index in [2.05, 4.69) is 10.4 Å². The molecule has 0 bridgehead atoms. The summed E-state index contributed by atoms with van der Waals surface area (Å²) in [6, 6.07) is 10.9. The molecule has 0 spiro atoms. The summed E-state index contributed by atoms with van der Waals surface area (Å²) in [7, 11) is 0. The van der Waals surface area contributed by atoms with Crippen LogP contribution in [0.5, 0.6) is 0 Å². The third kappa shape index (κ3) is 4.09. The van der Waals surface area contributed by atoms with E-state index in [1.807, 2.05) is 0 Å². The Morgan fingerprint density at radius 3 is 2.52 bits per heavy atom. The van der Waals surface area contributed by atoms with Gasteiger partial charge in [0.1, 0.15) is 0 Å². The Labute approximate surface area is 162 Å². The minimum Gasteiger partial charge on any atom is -0.319 e. The summed E-state index contributed by atoms with van der Waals surface area (Å²) in [5.74, 6) is -0.562. The topological polar surface area (TPSA) is 46.9 Å². The van der Waals surface area contributed by atoms with Crippen LogP contribution >= 0.6 is 23.2 Å². The average molecular weight is 414 g/mol. The molecule has 0 radical (unpaired) electrons.